The van der Waals surface area contributed by atoms with E-state index in [4.69, 9.17) is 0 Å². The van der Waals surface area contributed by atoms with Gasteiger partial charge in [-0.15, -0.1) is 0 Å². The molecule has 1 saturated carbocycles. The standard InChI is InChI=1S/C10H20N2O2/c1-2-12-9(13)4-7-11-8-10(14)5-3-6-10/h11,14H,2-8H2,1H3,(H,12,13). The lowest BCUT2D eigenvalue weighted by molar-refractivity contribution is -0.121. The molecule has 0 atom stereocenters. The second-order valence-electron chi connectivity index (χ2n) is 3.96. The van der Waals surface area contributed by atoms with Gasteiger partial charge in [-0.2, -0.15) is 0 Å². The smallest absolute Gasteiger partial charge is 0.221 e. The lowest BCUT2D eigenvalue weighted by atomic mass is 9.80. The van der Waals surface area contributed by atoms with Crippen LogP contribution in [0.25, 0.3) is 0 Å². The Morgan fingerprint density at radius 1 is 1.50 bits per heavy atom. The average molecular weight is 200 g/mol. The Labute approximate surface area is 85.1 Å². The molecular weight excluding hydrogens is 180 g/mol. The maximum Gasteiger partial charge on any atom is 0.221 e. The molecule has 0 spiro atoms. The number of nitrogens with one attached hydrogen (secondary N) is 2. The third-order valence-electron chi connectivity index (χ3n) is 2.64. The topological polar surface area (TPSA) is 61.4 Å². The minimum Gasteiger partial charge on any atom is -0.389 e. The number of carbonyl (C=O) groups excluding carboxylic acids is 1. The summed E-state index contributed by atoms with van der Waals surface area (Å²) in [4.78, 5) is 11.0. The van der Waals surface area contributed by atoms with Gasteiger partial charge in [0.1, 0.15) is 0 Å². The van der Waals surface area contributed by atoms with Crippen molar-refractivity contribution < 1.29 is 9.90 Å². The highest BCUT2D eigenvalue weighted by molar-refractivity contribution is 5.75. The third-order valence-corrected chi connectivity index (χ3v) is 2.64. The van der Waals surface area contributed by atoms with Gasteiger partial charge >= 0.3 is 0 Å². The summed E-state index contributed by atoms with van der Waals surface area (Å²) < 4.78 is 0. The highest BCUT2D eigenvalue weighted by Crippen LogP contribution is 2.30. The number of rotatable bonds is 6. The molecule has 82 valence electrons. The Kier molecular flexibility index (Phi) is 4.35. The van der Waals surface area contributed by atoms with Gasteiger partial charge in [0.15, 0.2) is 0 Å². The molecule has 1 aliphatic rings. The first-order chi connectivity index (χ1) is 6.66. The minimum absolute atomic E-state index is 0.0700. The zero-order chi connectivity index (χ0) is 10.4. The van der Waals surface area contributed by atoms with Crippen molar-refractivity contribution in [2.45, 2.75) is 38.2 Å². The van der Waals surface area contributed by atoms with Gasteiger partial charge in [-0.25, -0.2) is 0 Å². The van der Waals surface area contributed by atoms with Crippen LogP contribution in [0.3, 0.4) is 0 Å². The Morgan fingerprint density at radius 2 is 2.21 bits per heavy atom. The Bertz CT molecular complexity index is 191. The fourth-order valence-electron chi connectivity index (χ4n) is 1.57. The van der Waals surface area contributed by atoms with Crippen molar-refractivity contribution in [1.29, 1.82) is 0 Å². The lowest BCUT2D eigenvalue weighted by Crippen LogP contribution is -2.46. The molecule has 0 heterocycles. The van der Waals surface area contributed by atoms with Gasteiger partial charge in [-0.3, -0.25) is 4.79 Å². The van der Waals surface area contributed by atoms with E-state index in [1.165, 1.54) is 0 Å². The zero-order valence-electron chi connectivity index (χ0n) is 8.81. The van der Waals surface area contributed by atoms with Gasteiger partial charge in [-0.05, 0) is 26.2 Å². The predicted molar refractivity (Wildman–Crippen MR) is 55.0 cm³/mol. The molecule has 1 fully saturated rings. The summed E-state index contributed by atoms with van der Waals surface area (Å²) in [6.07, 6.45) is 3.39. The molecule has 14 heavy (non-hydrogen) atoms. The molecule has 4 nitrogen and oxygen atoms in total. The first kappa shape index (κ1) is 11.5. The quantitative estimate of drug-likeness (QED) is 0.530. The molecule has 4 heteroatoms. The molecule has 0 aromatic carbocycles. The lowest BCUT2D eigenvalue weighted by Gasteiger charge is -2.36. The van der Waals surface area contributed by atoms with E-state index in [-0.39, 0.29) is 5.91 Å². The Balaban J connectivity index is 1.96. The van der Waals surface area contributed by atoms with Crippen LogP contribution in [0.5, 0.6) is 0 Å². The molecule has 0 saturated heterocycles. The van der Waals surface area contributed by atoms with Crippen molar-refractivity contribution >= 4 is 5.91 Å². The van der Waals surface area contributed by atoms with Gasteiger partial charge in [0, 0.05) is 26.1 Å². The van der Waals surface area contributed by atoms with Crippen LogP contribution in [0.15, 0.2) is 0 Å². The number of hydrogen-bond donors (Lipinski definition) is 3. The molecular formula is C10H20N2O2. The summed E-state index contributed by atoms with van der Waals surface area (Å²) in [5, 5.41) is 15.6. The van der Waals surface area contributed by atoms with E-state index in [9.17, 15) is 9.90 Å². The summed E-state index contributed by atoms with van der Waals surface area (Å²) in [7, 11) is 0. The Morgan fingerprint density at radius 3 is 2.71 bits per heavy atom. The maximum atomic E-state index is 11.0. The molecule has 0 radical (unpaired) electrons. The van der Waals surface area contributed by atoms with E-state index in [1.807, 2.05) is 6.92 Å². The van der Waals surface area contributed by atoms with E-state index in [0.717, 1.165) is 19.3 Å². The van der Waals surface area contributed by atoms with Crippen LogP contribution in [0, 0.1) is 0 Å². The zero-order valence-corrected chi connectivity index (χ0v) is 8.81. The first-order valence-corrected chi connectivity index (χ1v) is 5.36. The van der Waals surface area contributed by atoms with E-state index in [2.05, 4.69) is 10.6 Å². The fourth-order valence-corrected chi connectivity index (χ4v) is 1.57. The van der Waals surface area contributed by atoms with Crippen LogP contribution >= 0.6 is 0 Å². The SMILES string of the molecule is CCNC(=O)CCNCC1(O)CCC1. The Hall–Kier alpha value is -0.610. The van der Waals surface area contributed by atoms with Gasteiger partial charge in [0.2, 0.25) is 5.91 Å². The first-order valence-electron chi connectivity index (χ1n) is 5.36. The second kappa shape index (κ2) is 5.32. The molecule has 3 N–H and O–H groups in total. The molecule has 1 aliphatic carbocycles. The molecule has 0 aromatic heterocycles. The second-order valence-corrected chi connectivity index (χ2v) is 3.96. The van der Waals surface area contributed by atoms with Crippen LogP contribution in [-0.4, -0.2) is 36.2 Å². The van der Waals surface area contributed by atoms with E-state index in [1.54, 1.807) is 0 Å². The van der Waals surface area contributed by atoms with E-state index in [0.29, 0.717) is 26.1 Å². The third kappa shape index (κ3) is 3.64. The highest BCUT2D eigenvalue weighted by Gasteiger charge is 2.33. The summed E-state index contributed by atoms with van der Waals surface area (Å²) in [6.45, 7) is 3.85. The van der Waals surface area contributed by atoms with E-state index >= 15 is 0 Å². The van der Waals surface area contributed by atoms with Crippen LogP contribution in [-0.2, 0) is 4.79 Å². The molecule has 0 bridgehead atoms. The summed E-state index contributed by atoms with van der Waals surface area (Å²) >= 11 is 0. The average Bonchev–Trinajstić information content (AvgIpc) is 2.10. The van der Waals surface area contributed by atoms with Crippen LogP contribution in [0.2, 0.25) is 0 Å². The van der Waals surface area contributed by atoms with Gasteiger partial charge < -0.3 is 15.7 Å². The van der Waals surface area contributed by atoms with Crippen molar-refractivity contribution in [3.8, 4) is 0 Å². The maximum absolute atomic E-state index is 11.0. The molecule has 0 aliphatic heterocycles. The van der Waals surface area contributed by atoms with Crippen LogP contribution in [0.1, 0.15) is 32.6 Å². The van der Waals surface area contributed by atoms with Crippen LogP contribution < -0.4 is 10.6 Å². The normalized spacial score (nSPS) is 18.7. The highest BCUT2D eigenvalue weighted by atomic mass is 16.3. The van der Waals surface area contributed by atoms with Crippen molar-refractivity contribution in [1.82, 2.24) is 10.6 Å². The minimum atomic E-state index is -0.485. The van der Waals surface area contributed by atoms with Gasteiger partial charge in [0.25, 0.3) is 0 Å². The number of aliphatic hydroxyl groups is 1. The van der Waals surface area contributed by atoms with E-state index < -0.39 is 5.60 Å². The molecule has 1 rings (SSSR count). The molecule has 1 amide bonds. The largest absolute Gasteiger partial charge is 0.389 e. The number of amides is 1. The van der Waals surface area contributed by atoms with Crippen LogP contribution in [0.4, 0.5) is 0 Å². The van der Waals surface area contributed by atoms with Crippen molar-refractivity contribution in [2.24, 2.45) is 0 Å². The predicted octanol–water partition coefficient (Wildman–Crippen LogP) is 0.0172. The summed E-state index contributed by atoms with van der Waals surface area (Å²) in [6, 6.07) is 0. The monoisotopic (exact) mass is 200 g/mol. The number of carbonyl (C=O) groups is 1. The van der Waals surface area contributed by atoms with Crippen molar-refractivity contribution in [3.05, 3.63) is 0 Å². The molecule has 0 aromatic rings. The molecule has 0 unspecified atom stereocenters. The van der Waals surface area contributed by atoms with Gasteiger partial charge in [0.05, 0.1) is 5.60 Å². The van der Waals surface area contributed by atoms with Crippen molar-refractivity contribution in [3.63, 3.8) is 0 Å². The summed E-state index contributed by atoms with van der Waals surface area (Å²) in [5.41, 5.74) is -0.485. The fraction of sp³-hybridized carbons (Fsp3) is 0.900. The van der Waals surface area contributed by atoms with Gasteiger partial charge in [-0.1, -0.05) is 0 Å². The number of hydrogen-bond acceptors (Lipinski definition) is 3. The van der Waals surface area contributed by atoms with Crippen molar-refractivity contribution in [2.75, 3.05) is 19.6 Å². The summed E-state index contributed by atoms with van der Waals surface area (Å²) in [5.74, 6) is 0.0700.